The second-order valence-electron chi connectivity index (χ2n) is 6.02. The summed E-state index contributed by atoms with van der Waals surface area (Å²) in [6.45, 7) is 1.74. The van der Waals surface area contributed by atoms with Gasteiger partial charge in [0.15, 0.2) is 0 Å². The van der Waals surface area contributed by atoms with Gasteiger partial charge in [0, 0.05) is 10.0 Å². The fourth-order valence-electron chi connectivity index (χ4n) is 2.96. The SMILES string of the molecule is C[C@H](C(=O)N1C(=O)OC[C@@H]1Cc1ccccc1)c1ccc(Br)cc1F. The zero-order valence-corrected chi connectivity index (χ0v) is 15.2. The number of cyclic esters (lactones) is 1. The van der Waals surface area contributed by atoms with Crippen molar-refractivity contribution in [3.05, 3.63) is 69.9 Å². The topological polar surface area (TPSA) is 46.6 Å². The molecule has 1 fully saturated rings. The van der Waals surface area contributed by atoms with Gasteiger partial charge in [-0.15, -0.1) is 0 Å². The summed E-state index contributed by atoms with van der Waals surface area (Å²) in [6, 6.07) is 13.7. The molecule has 2 aromatic carbocycles. The Morgan fingerprint density at radius 1 is 1.32 bits per heavy atom. The number of carbonyl (C=O) groups is 2. The summed E-state index contributed by atoms with van der Waals surface area (Å²) in [5.74, 6) is -1.72. The molecule has 2 atom stereocenters. The summed E-state index contributed by atoms with van der Waals surface area (Å²) in [4.78, 5) is 26.0. The Hall–Kier alpha value is -2.21. The van der Waals surface area contributed by atoms with Gasteiger partial charge in [0.05, 0.1) is 12.0 Å². The van der Waals surface area contributed by atoms with Crippen LogP contribution < -0.4 is 0 Å². The Kier molecular flexibility index (Phi) is 5.18. The van der Waals surface area contributed by atoms with Crippen molar-refractivity contribution < 1.29 is 18.7 Å². The Labute approximate surface area is 153 Å². The molecule has 0 aromatic heterocycles. The number of ether oxygens (including phenoxy) is 1. The maximum Gasteiger partial charge on any atom is 0.417 e. The Balaban J connectivity index is 1.81. The number of carbonyl (C=O) groups excluding carboxylic acids is 2. The van der Waals surface area contributed by atoms with Crippen molar-refractivity contribution in [2.45, 2.75) is 25.3 Å². The molecule has 0 bridgehead atoms. The number of rotatable bonds is 4. The molecule has 130 valence electrons. The van der Waals surface area contributed by atoms with Crippen molar-refractivity contribution in [1.29, 1.82) is 0 Å². The predicted octanol–water partition coefficient (Wildman–Crippen LogP) is 4.28. The van der Waals surface area contributed by atoms with E-state index >= 15 is 0 Å². The molecule has 2 amide bonds. The van der Waals surface area contributed by atoms with E-state index in [1.165, 1.54) is 6.07 Å². The molecule has 1 heterocycles. The number of amides is 2. The van der Waals surface area contributed by atoms with Gasteiger partial charge in [-0.05, 0) is 31.0 Å². The lowest BCUT2D eigenvalue weighted by molar-refractivity contribution is -0.130. The molecule has 0 saturated carbocycles. The minimum atomic E-state index is -0.781. The molecular weight excluding hydrogens is 389 g/mol. The molecule has 4 nitrogen and oxygen atoms in total. The standard InChI is InChI=1S/C19H17BrFNO3/c1-12(16-8-7-14(20)10-17(16)21)18(23)22-15(11-25-19(22)24)9-13-5-3-2-4-6-13/h2-8,10,12,15H,9,11H2,1H3/t12-,15-/m0/s1. The monoisotopic (exact) mass is 405 g/mol. The summed E-state index contributed by atoms with van der Waals surface area (Å²) >= 11 is 3.20. The average Bonchev–Trinajstić information content (AvgIpc) is 2.95. The van der Waals surface area contributed by atoms with E-state index in [1.54, 1.807) is 19.1 Å². The lowest BCUT2D eigenvalue weighted by Gasteiger charge is -2.23. The summed E-state index contributed by atoms with van der Waals surface area (Å²) in [5.41, 5.74) is 1.26. The lowest BCUT2D eigenvalue weighted by Crippen LogP contribution is -2.42. The number of hydrogen-bond acceptors (Lipinski definition) is 3. The van der Waals surface area contributed by atoms with Crippen molar-refractivity contribution in [3.63, 3.8) is 0 Å². The van der Waals surface area contributed by atoms with Crippen LogP contribution in [0, 0.1) is 5.82 Å². The summed E-state index contributed by atoms with van der Waals surface area (Å²) in [5, 5.41) is 0. The average molecular weight is 406 g/mol. The van der Waals surface area contributed by atoms with Gasteiger partial charge < -0.3 is 4.74 Å². The van der Waals surface area contributed by atoms with Crippen molar-refractivity contribution >= 4 is 27.9 Å². The van der Waals surface area contributed by atoms with E-state index in [2.05, 4.69) is 15.9 Å². The number of imide groups is 1. The Morgan fingerprint density at radius 3 is 2.72 bits per heavy atom. The van der Waals surface area contributed by atoms with Crippen molar-refractivity contribution in [2.75, 3.05) is 6.61 Å². The zero-order chi connectivity index (χ0) is 18.0. The van der Waals surface area contributed by atoms with Gasteiger partial charge in [-0.3, -0.25) is 4.79 Å². The quantitative estimate of drug-likeness (QED) is 0.762. The van der Waals surface area contributed by atoms with Crippen LogP contribution in [-0.4, -0.2) is 29.5 Å². The van der Waals surface area contributed by atoms with Crippen LogP contribution in [0.15, 0.2) is 53.0 Å². The van der Waals surface area contributed by atoms with Crippen LogP contribution in [0.25, 0.3) is 0 Å². The maximum absolute atomic E-state index is 14.2. The minimum Gasteiger partial charge on any atom is -0.447 e. The molecule has 2 aromatic rings. The first kappa shape index (κ1) is 17.6. The molecule has 1 aliphatic heterocycles. The van der Waals surface area contributed by atoms with Crippen LogP contribution in [0.1, 0.15) is 24.0 Å². The minimum absolute atomic E-state index is 0.148. The third kappa shape index (κ3) is 3.74. The van der Waals surface area contributed by atoms with Gasteiger partial charge in [-0.2, -0.15) is 0 Å². The molecule has 3 rings (SSSR count). The summed E-state index contributed by atoms with van der Waals surface area (Å²) in [7, 11) is 0. The van der Waals surface area contributed by atoms with Crippen LogP contribution in [0.4, 0.5) is 9.18 Å². The van der Waals surface area contributed by atoms with Gasteiger partial charge in [0.25, 0.3) is 0 Å². The van der Waals surface area contributed by atoms with E-state index in [0.717, 1.165) is 10.5 Å². The highest BCUT2D eigenvalue weighted by Crippen LogP contribution is 2.27. The third-order valence-corrected chi connectivity index (χ3v) is 4.81. The molecule has 1 saturated heterocycles. The molecule has 0 unspecified atom stereocenters. The van der Waals surface area contributed by atoms with E-state index in [9.17, 15) is 14.0 Å². The first-order valence-corrected chi connectivity index (χ1v) is 8.75. The second-order valence-corrected chi connectivity index (χ2v) is 6.93. The van der Waals surface area contributed by atoms with Gasteiger partial charge in [-0.25, -0.2) is 14.1 Å². The summed E-state index contributed by atoms with van der Waals surface area (Å²) < 4.78 is 19.8. The highest BCUT2D eigenvalue weighted by Gasteiger charge is 2.40. The Morgan fingerprint density at radius 2 is 2.04 bits per heavy atom. The fourth-order valence-corrected chi connectivity index (χ4v) is 3.29. The van der Waals surface area contributed by atoms with E-state index in [0.29, 0.717) is 10.9 Å². The van der Waals surface area contributed by atoms with Crippen LogP contribution in [-0.2, 0) is 16.0 Å². The highest BCUT2D eigenvalue weighted by molar-refractivity contribution is 9.10. The van der Waals surface area contributed by atoms with Crippen LogP contribution in [0.3, 0.4) is 0 Å². The molecule has 25 heavy (non-hydrogen) atoms. The molecule has 0 aliphatic carbocycles. The first-order valence-electron chi connectivity index (χ1n) is 7.96. The number of nitrogens with zero attached hydrogens (tertiary/aromatic N) is 1. The first-order chi connectivity index (χ1) is 12.0. The van der Waals surface area contributed by atoms with E-state index in [4.69, 9.17) is 4.74 Å². The van der Waals surface area contributed by atoms with E-state index < -0.39 is 23.7 Å². The van der Waals surface area contributed by atoms with Crippen molar-refractivity contribution in [1.82, 2.24) is 4.90 Å². The Bertz CT molecular complexity index is 797. The molecule has 0 N–H and O–H groups in total. The van der Waals surface area contributed by atoms with Gasteiger partial charge >= 0.3 is 6.09 Å². The molecular formula is C19H17BrFNO3. The van der Waals surface area contributed by atoms with Crippen LogP contribution in [0.2, 0.25) is 0 Å². The third-order valence-electron chi connectivity index (χ3n) is 4.31. The van der Waals surface area contributed by atoms with Crippen LogP contribution >= 0.6 is 15.9 Å². The van der Waals surface area contributed by atoms with Gasteiger partial charge in [0.2, 0.25) is 5.91 Å². The van der Waals surface area contributed by atoms with Crippen LogP contribution in [0.5, 0.6) is 0 Å². The van der Waals surface area contributed by atoms with Crippen molar-refractivity contribution in [2.24, 2.45) is 0 Å². The number of benzene rings is 2. The summed E-state index contributed by atoms with van der Waals surface area (Å²) in [6.07, 6.45) is -0.163. The van der Waals surface area contributed by atoms with E-state index in [1.807, 2.05) is 30.3 Å². The maximum atomic E-state index is 14.2. The molecule has 6 heteroatoms. The largest absolute Gasteiger partial charge is 0.447 e. The lowest BCUT2D eigenvalue weighted by atomic mass is 9.97. The number of halogens is 2. The fraction of sp³-hybridized carbons (Fsp3) is 0.263. The van der Waals surface area contributed by atoms with Gasteiger partial charge in [-0.1, -0.05) is 52.3 Å². The smallest absolute Gasteiger partial charge is 0.417 e. The number of hydrogen-bond donors (Lipinski definition) is 0. The normalized spacial score (nSPS) is 18.1. The van der Waals surface area contributed by atoms with Crippen molar-refractivity contribution in [3.8, 4) is 0 Å². The molecule has 1 aliphatic rings. The predicted molar refractivity (Wildman–Crippen MR) is 94.6 cm³/mol. The zero-order valence-electron chi connectivity index (χ0n) is 13.6. The molecule has 0 spiro atoms. The molecule has 0 radical (unpaired) electrons. The van der Waals surface area contributed by atoms with Gasteiger partial charge in [0.1, 0.15) is 12.4 Å². The van der Waals surface area contributed by atoms with E-state index in [-0.39, 0.29) is 18.2 Å². The second kappa shape index (κ2) is 7.35. The highest BCUT2D eigenvalue weighted by atomic mass is 79.9.